The summed E-state index contributed by atoms with van der Waals surface area (Å²) in [5, 5.41) is 9.35. The van der Waals surface area contributed by atoms with Crippen molar-refractivity contribution in [2.75, 3.05) is 50.7 Å². The second-order valence-electron chi connectivity index (χ2n) is 9.30. The Morgan fingerprint density at radius 2 is 1.80 bits per heavy atom. The van der Waals surface area contributed by atoms with Crippen LogP contribution >= 0.6 is 0 Å². The number of carbonyl (C=O) groups excluding carboxylic acids is 1. The molecular formula is C25H30F3N3O4. The summed E-state index contributed by atoms with van der Waals surface area (Å²) in [5.74, 6) is -0.671. The second-order valence-corrected chi connectivity index (χ2v) is 9.30. The third kappa shape index (κ3) is 6.36. The van der Waals surface area contributed by atoms with Crippen LogP contribution in [-0.4, -0.2) is 72.6 Å². The molecule has 2 saturated heterocycles. The van der Waals surface area contributed by atoms with E-state index in [4.69, 9.17) is 4.42 Å². The van der Waals surface area contributed by atoms with E-state index in [2.05, 4.69) is 4.90 Å². The number of hydrogen-bond donors (Lipinski definition) is 1. The first kappa shape index (κ1) is 25.1. The average molecular weight is 494 g/mol. The molecular weight excluding hydrogens is 463 g/mol. The number of likely N-dealkylation sites (tertiary alicyclic amines) is 1. The van der Waals surface area contributed by atoms with Crippen LogP contribution in [0.25, 0.3) is 0 Å². The van der Waals surface area contributed by atoms with Gasteiger partial charge in [-0.1, -0.05) is 6.07 Å². The van der Waals surface area contributed by atoms with Gasteiger partial charge in [0.05, 0.1) is 11.8 Å². The number of rotatable bonds is 7. The summed E-state index contributed by atoms with van der Waals surface area (Å²) in [4.78, 5) is 30.1. The highest BCUT2D eigenvalue weighted by Gasteiger charge is 2.34. The molecule has 2 atom stereocenters. The maximum absolute atomic E-state index is 13.0. The van der Waals surface area contributed by atoms with Crippen LogP contribution in [-0.2, 0) is 11.0 Å². The summed E-state index contributed by atoms with van der Waals surface area (Å²) in [6.07, 6.45) is -1.44. The topological polar surface area (TPSA) is 77.2 Å². The van der Waals surface area contributed by atoms with Crippen molar-refractivity contribution in [1.82, 2.24) is 9.80 Å². The van der Waals surface area contributed by atoms with Crippen molar-refractivity contribution in [2.45, 2.75) is 25.4 Å². The molecule has 10 heteroatoms. The molecule has 0 spiro atoms. The average Bonchev–Trinajstić information content (AvgIpc) is 3.38. The number of carbonyl (C=O) groups is 2. The lowest BCUT2D eigenvalue weighted by Gasteiger charge is -2.40. The van der Waals surface area contributed by atoms with Gasteiger partial charge in [0.2, 0.25) is 0 Å². The van der Waals surface area contributed by atoms with Crippen molar-refractivity contribution in [3.8, 4) is 0 Å². The fourth-order valence-electron chi connectivity index (χ4n) is 5.10. The molecule has 1 aromatic carbocycles. The van der Waals surface area contributed by atoms with Gasteiger partial charge in [-0.15, -0.1) is 0 Å². The van der Waals surface area contributed by atoms with Gasteiger partial charge < -0.3 is 19.3 Å². The number of anilines is 1. The number of amides is 1. The van der Waals surface area contributed by atoms with E-state index in [9.17, 15) is 27.9 Å². The molecule has 2 aromatic rings. The summed E-state index contributed by atoms with van der Waals surface area (Å²) in [6.45, 7) is 4.40. The van der Waals surface area contributed by atoms with Gasteiger partial charge in [0.1, 0.15) is 0 Å². The van der Waals surface area contributed by atoms with Crippen molar-refractivity contribution in [3.63, 3.8) is 0 Å². The standard InChI is InChI=1S/C25H30F3N3O4/c26-25(27,28)20-3-1-4-21(16-20)30-12-10-29(11-13-30)8-6-19-17-31(9-7-18(19)15-23(32)33)24(34)22-5-2-14-35-22/h1-5,14,16,18-19H,6-13,15,17H2,(H,32,33). The predicted molar refractivity (Wildman–Crippen MR) is 123 cm³/mol. The minimum absolute atomic E-state index is 0.000418. The lowest BCUT2D eigenvalue weighted by Crippen LogP contribution is -2.48. The lowest BCUT2D eigenvalue weighted by atomic mass is 9.81. The van der Waals surface area contributed by atoms with Gasteiger partial charge in [0, 0.05) is 51.4 Å². The van der Waals surface area contributed by atoms with Gasteiger partial charge in [-0.05, 0) is 61.6 Å². The number of carboxylic acids is 1. The number of carboxylic acid groups (broad SMARTS) is 1. The Morgan fingerprint density at radius 1 is 1.03 bits per heavy atom. The molecule has 0 saturated carbocycles. The fourth-order valence-corrected chi connectivity index (χ4v) is 5.10. The summed E-state index contributed by atoms with van der Waals surface area (Å²) in [6, 6.07) is 8.71. The second kappa shape index (κ2) is 10.7. The smallest absolute Gasteiger partial charge is 0.416 e. The van der Waals surface area contributed by atoms with E-state index in [1.54, 1.807) is 23.1 Å². The Labute approximate surface area is 202 Å². The molecule has 35 heavy (non-hydrogen) atoms. The molecule has 1 amide bonds. The number of alkyl halides is 3. The first-order valence-electron chi connectivity index (χ1n) is 11.9. The number of nitrogens with zero attached hydrogens (tertiary/aromatic N) is 3. The number of aliphatic carboxylic acids is 1. The zero-order valence-corrected chi connectivity index (χ0v) is 19.4. The monoisotopic (exact) mass is 493 g/mol. The van der Waals surface area contributed by atoms with Gasteiger partial charge in [-0.2, -0.15) is 13.2 Å². The maximum Gasteiger partial charge on any atom is 0.416 e. The lowest BCUT2D eigenvalue weighted by molar-refractivity contribution is -0.139. The van der Waals surface area contributed by atoms with Gasteiger partial charge in [0.15, 0.2) is 5.76 Å². The highest BCUT2D eigenvalue weighted by atomic mass is 19.4. The van der Waals surface area contributed by atoms with E-state index < -0.39 is 17.7 Å². The molecule has 3 heterocycles. The highest BCUT2D eigenvalue weighted by molar-refractivity contribution is 5.91. The van der Waals surface area contributed by atoms with Crippen molar-refractivity contribution in [1.29, 1.82) is 0 Å². The molecule has 4 rings (SSSR count). The van der Waals surface area contributed by atoms with E-state index in [1.807, 2.05) is 4.90 Å². The van der Waals surface area contributed by atoms with E-state index in [1.165, 1.54) is 18.4 Å². The van der Waals surface area contributed by atoms with E-state index >= 15 is 0 Å². The van der Waals surface area contributed by atoms with Crippen LogP contribution < -0.4 is 4.90 Å². The van der Waals surface area contributed by atoms with Gasteiger partial charge in [-0.3, -0.25) is 14.5 Å². The van der Waals surface area contributed by atoms with Gasteiger partial charge in [0.25, 0.3) is 5.91 Å². The molecule has 2 unspecified atom stereocenters. The van der Waals surface area contributed by atoms with Crippen molar-refractivity contribution in [3.05, 3.63) is 54.0 Å². The molecule has 0 radical (unpaired) electrons. The van der Waals surface area contributed by atoms with Gasteiger partial charge in [-0.25, -0.2) is 0 Å². The minimum Gasteiger partial charge on any atom is -0.481 e. The number of piperidine rings is 1. The van der Waals surface area contributed by atoms with Crippen molar-refractivity contribution < 1.29 is 32.3 Å². The first-order chi connectivity index (χ1) is 16.7. The van der Waals surface area contributed by atoms with Crippen LogP contribution in [0.3, 0.4) is 0 Å². The Balaban J connectivity index is 1.32. The van der Waals surface area contributed by atoms with Crippen molar-refractivity contribution in [2.24, 2.45) is 11.8 Å². The number of benzene rings is 1. The molecule has 0 aliphatic carbocycles. The Morgan fingerprint density at radius 3 is 2.46 bits per heavy atom. The summed E-state index contributed by atoms with van der Waals surface area (Å²) >= 11 is 0. The Kier molecular flexibility index (Phi) is 7.69. The predicted octanol–water partition coefficient (Wildman–Crippen LogP) is 4.06. The fraction of sp³-hybridized carbons (Fsp3) is 0.520. The van der Waals surface area contributed by atoms with Crippen LogP contribution in [0.15, 0.2) is 47.1 Å². The molecule has 2 aliphatic heterocycles. The SMILES string of the molecule is O=C(O)CC1CCN(C(=O)c2ccco2)CC1CCN1CCN(c2cccc(C(F)(F)F)c2)CC1. The third-order valence-electron chi connectivity index (χ3n) is 7.07. The Hall–Kier alpha value is -3.01. The van der Waals surface area contributed by atoms with E-state index in [0.29, 0.717) is 51.4 Å². The molecule has 7 nitrogen and oxygen atoms in total. The molecule has 190 valence electrons. The maximum atomic E-state index is 13.0. The quantitative estimate of drug-likeness (QED) is 0.627. The van der Waals surface area contributed by atoms with Crippen LogP contribution in [0.4, 0.5) is 18.9 Å². The molecule has 2 fully saturated rings. The highest BCUT2D eigenvalue weighted by Crippen LogP contribution is 2.33. The zero-order valence-electron chi connectivity index (χ0n) is 19.4. The summed E-state index contributed by atoms with van der Waals surface area (Å²) in [7, 11) is 0. The van der Waals surface area contributed by atoms with Crippen LogP contribution in [0.5, 0.6) is 0 Å². The molecule has 2 aliphatic rings. The molecule has 1 N–H and O–H groups in total. The van der Waals surface area contributed by atoms with E-state index in [0.717, 1.165) is 19.0 Å². The molecule has 1 aromatic heterocycles. The van der Waals surface area contributed by atoms with Gasteiger partial charge >= 0.3 is 12.1 Å². The molecule has 0 bridgehead atoms. The first-order valence-corrected chi connectivity index (χ1v) is 11.9. The van der Waals surface area contributed by atoms with Crippen LogP contribution in [0.2, 0.25) is 0 Å². The number of piperazine rings is 1. The third-order valence-corrected chi connectivity index (χ3v) is 7.07. The Bertz CT molecular complexity index is 1000. The minimum atomic E-state index is -4.36. The summed E-state index contributed by atoms with van der Waals surface area (Å²) < 4.78 is 44.4. The van der Waals surface area contributed by atoms with E-state index in [-0.39, 0.29) is 29.9 Å². The van der Waals surface area contributed by atoms with Crippen molar-refractivity contribution >= 4 is 17.6 Å². The normalized spacial score (nSPS) is 21.8. The summed E-state index contributed by atoms with van der Waals surface area (Å²) in [5.41, 5.74) is -0.0757. The van der Waals surface area contributed by atoms with Crippen LogP contribution in [0.1, 0.15) is 35.4 Å². The number of halogens is 3. The number of furan rings is 1. The van der Waals surface area contributed by atoms with Crippen LogP contribution in [0, 0.1) is 11.8 Å². The zero-order chi connectivity index (χ0) is 25.0. The largest absolute Gasteiger partial charge is 0.481 e. The number of hydrogen-bond acceptors (Lipinski definition) is 5.